The number of benzene rings is 2. The monoisotopic (exact) mass is 226 g/mol. The van der Waals surface area contributed by atoms with Crippen LogP contribution in [0.4, 0.5) is 0 Å². The molecule has 1 heteroatoms. The molecule has 1 aliphatic carbocycles. The van der Waals surface area contributed by atoms with Gasteiger partial charge in [-0.2, -0.15) is 0 Å². The van der Waals surface area contributed by atoms with Gasteiger partial charge < -0.3 is 0 Å². The Morgan fingerprint density at radius 2 is 1.94 bits per heavy atom. The third-order valence-corrected chi connectivity index (χ3v) is 4.05. The van der Waals surface area contributed by atoms with Gasteiger partial charge in [0.25, 0.3) is 0 Å². The van der Waals surface area contributed by atoms with Gasteiger partial charge in [-0.25, -0.2) is 0 Å². The van der Waals surface area contributed by atoms with E-state index >= 15 is 0 Å². The molecule has 2 aromatic rings. The maximum Gasteiger partial charge on any atom is 0.0114 e. The van der Waals surface area contributed by atoms with Crippen molar-refractivity contribution < 1.29 is 0 Å². The number of thioether (sulfide) groups is 1. The van der Waals surface area contributed by atoms with Crippen molar-refractivity contribution in [2.45, 2.75) is 13.3 Å². The summed E-state index contributed by atoms with van der Waals surface area (Å²) in [4.78, 5) is 1.45. The lowest BCUT2D eigenvalue weighted by atomic mass is 9.93. The first kappa shape index (κ1) is 9.98. The minimum Gasteiger partial charge on any atom is -0.126 e. The van der Waals surface area contributed by atoms with Gasteiger partial charge in [0.15, 0.2) is 0 Å². The zero-order valence-electron chi connectivity index (χ0n) is 9.36. The van der Waals surface area contributed by atoms with Gasteiger partial charge in [0.05, 0.1) is 0 Å². The van der Waals surface area contributed by atoms with Crippen LogP contribution in [-0.4, -0.2) is 5.75 Å². The lowest BCUT2D eigenvalue weighted by Gasteiger charge is -2.17. The van der Waals surface area contributed by atoms with Gasteiger partial charge in [-0.15, -0.1) is 11.8 Å². The number of hydrogen-bond acceptors (Lipinski definition) is 1. The Labute approximate surface area is 100 Å². The molecule has 2 aromatic carbocycles. The normalized spacial score (nSPS) is 13.9. The molecular formula is C15H14S. The molecule has 0 bridgehead atoms. The molecule has 0 saturated heterocycles. The van der Waals surface area contributed by atoms with E-state index < -0.39 is 0 Å². The van der Waals surface area contributed by atoms with Crippen LogP contribution in [-0.2, 0) is 6.42 Å². The average molecular weight is 226 g/mol. The summed E-state index contributed by atoms with van der Waals surface area (Å²) in [5, 5.41) is 2.83. The molecular weight excluding hydrogens is 212 g/mol. The molecule has 0 N–H and O–H groups in total. The summed E-state index contributed by atoms with van der Waals surface area (Å²) in [6.07, 6.45) is 3.45. The molecule has 3 rings (SSSR count). The molecule has 0 atom stereocenters. The second-order valence-electron chi connectivity index (χ2n) is 4.03. The summed E-state index contributed by atoms with van der Waals surface area (Å²) in [5.41, 5.74) is 2.89. The van der Waals surface area contributed by atoms with Gasteiger partial charge >= 0.3 is 0 Å². The van der Waals surface area contributed by atoms with Crippen LogP contribution >= 0.6 is 11.8 Å². The van der Waals surface area contributed by atoms with Crippen molar-refractivity contribution in [3.8, 4) is 0 Å². The van der Waals surface area contributed by atoms with Crippen LogP contribution in [0.15, 0.2) is 42.5 Å². The highest BCUT2D eigenvalue weighted by atomic mass is 32.2. The molecule has 0 amide bonds. The molecule has 0 nitrogen and oxygen atoms in total. The largest absolute Gasteiger partial charge is 0.126 e. The molecule has 0 unspecified atom stereocenters. The van der Waals surface area contributed by atoms with Crippen LogP contribution in [0.3, 0.4) is 0 Å². The van der Waals surface area contributed by atoms with E-state index in [9.17, 15) is 0 Å². The predicted octanol–water partition coefficient (Wildman–Crippen LogP) is 4.49. The second kappa shape index (κ2) is 3.99. The van der Waals surface area contributed by atoms with Gasteiger partial charge in [0, 0.05) is 4.91 Å². The lowest BCUT2D eigenvalue weighted by molar-refractivity contribution is 1.29. The third kappa shape index (κ3) is 1.47. The number of allylic oxidation sites excluding steroid dienone is 1. The van der Waals surface area contributed by atoms with Crippen LogP contribution < -0.4 is 0 Å². The molecule has 0 aromatic heterocycles. The quantitative estimate of drug-likeness (QED) is 0.727. The van der Waals surface area contributed by atoms with E-state index in [0.717, 1.165) is 12.2 Å². The zero-order valence-corrected chi connectivity index (χ0v) is 10.2. The van der Waals surface area contributed by atoms with Crippen molar-refractivity contribution in [3.63, 3.8) is 0 Å². The number of rotatable bonds is 2. The molecule has 0 heterocycles. The molecule has 0 radical (unpaired) electrons. The van der Waals surface area contributed by atoms with Crippen LogP contribution in [0.1, 0.15) is 18.1 Å². The predicted molar refractivity (Wildman–Crippen MR) is 73.8 cm³/mol. The zero-order chi connectivity index (χ0) is 11.0. The third-order valence-electron chi connectivity index (χ3n) is 3.06. The van der Waals surface area contributed by atoms with Crippen molar-refractivity contribution in [2.75, 3.05) is 5.75 Å². The highest BCUT2D eigenvalue weighted by Gasteiger charge is 2.13. The van der Waals surface area contributed by atoms with E-state index in [1.165, 1.54) is 26.8 Å². The highest BCUT2D eigenvalue weighted by Crippen LogP contribution is 2.38. The molecule has 1 aliphatic rings. The van der Waals surface area contributed by atoms with E-state index in [2.05, 4.69) is 49.4 Å². The minimum atomic E-state index is 1.08. The Hall–Kier alpha value is -1.21. The Bertz CT molecular complexity index is 561. The summed E-state index contributed by atoms with van der Waals surface area (Å²) in [5.74, 6) is 1.14. The maximum absolute atomic E-state index is 2.37. The van der Waals surface area contributed by atoms with Crippen LogP contribution in [0.2, 0.25) is 0 Å². The standard InChI is InChI=1S/C15H14S/c1-2-16-14-10-9-12-6-3-5-11-7-4-8-13(14)15(11)12/h3-8,10H,2,9H2,1H3. The first-order chi connectivity index (χ1) is 7.90. The fourth-order valence-electron chi connectivity index (χ4n) is 2.40. The van der Waals surface area contributed by atoms with Crippen molar-refractivity contribution in [2.24, 2.45) is 0 Å². The van der Waals surface area contributed by atoms with Gasteiger partial charge in [-0.1, -0.05) is 49.4 Å². The van der Waals surface area contributed by atoms with Crippen molar-refractivity contribution >= 4 is 27.4 Å². The van der Waals surface area contributed by atoms with Gasteiger partial charge in [-0.3, -0.25) is 0 Å². The lowest BCUT2D eigenvalue weighted by Crippen LogP contribution is -1.96. The van der Waals surface area contributed by atoms with Gasteiger partial charge in [0.1, 0.15) is 0 Å². The molecule has 0 saturated carbocycles. The van der Waals surface area contributed by atoms with E-state index in [0.29, 0.717) is 0 Å². The smallest absolute Gasteiger partial charge is 0.0114 e. The summed E-state index contributed by atoms with van der Waals surface area (Å²) in [6.45, 7) is 2.21. The Kier molecular flexibility index (Phi) is 2.49. The summed E-state index contributed by atoms with van der Waals surface area (Å²) >= 11 is 1.95. The summed E-state index contributed by atoms with van der Waals surface area (Å²) in [7, 11) is 0. The first-order valence-corrected chi connectivity index (χ1v) is 6.72. The minimum absolute atomic E-state index is 1.08. The van der Waals surface area contributed by atoms with Crippen LogP contribution in [0.5, 0.6) is 0 Å². The molecule has 0 spiro atoms. The van der Waals surface area contributed by atoms with E-state index in [1.807, 2.05) is 11.8 Å². The first-order valence-electron chi connectivity index (χ1n) is 5.74. The van der Waals surface area contributed by atoms with E-state index in [-0.39, 0.29) is 0 Å². The van der Waals surface area contributed by atoms with Crippen molar-refractivity contribution in [1.82, 2.24) is 0 Å². The molecule has 16 heavy (non-hydrogen) atoms. The van der Waals surface area contributed by atoms with E-state index in [1.54, 1.807) is 0 Å². The van der Waals surface area contributed by atoms with Crippen molar-refractivity contribution in [1.29, 1.82) is 0 Å². The average Bonchev–Trinajstić information content (AvgIpc) is 2.33. The highest BCUT2D eigenvalue weighted by molar-refractivity contribution is 8.08. The Morgan fingerprint density at radius 1 is 1.12 bits per heavy atom. The summed E-state index contributed by atoms with van der Waals surface area (Å²) < 4.78 is 0. The van der Waals surface area contributed by atoms with Crippen LogP contribution in [0, 0.1) is 0 Å². The molecule has 0 aliphatic heterocycles. The van der Waals surface area contributed by atoms with E-state index in [4.69, 9.17) is 0 Å². The maximum atomic E-state index is 2.37. The Balaban J connectivity index is 2.28. The topological polar surface area (TPSA) is 0 Å². The Morgan fingerprint density at radius 3 is 2.75 bits per heavy atom. The van der Waals surface area contributed by atoms with Crippen LogP contribution in [0.25, 0.3) is 15.7 Å². The molecule has 0 fully saturated rings. The van der Waals surface area contributed by atoms with Gasteiger partial charge in [0.2, 0.25) is 0 Å². The molecule has 80 valence electrons. The SMILES string of the molecule is CCSC1=CCc2cccc3cccc1c23. The van der Waals surface area contributed by atoms with Gasteiger partial charge in [-0.05, 0) is 34.1 Å². The fourth-order valence-corrected chi connectivity index (χ4v) is 3.24. The number of hydrogen-bond donors (Lipinski definition) is 0. The van der Waals surface area contributed by atoms with Crippen molar-refractivity contribution in [3.05, 3.63) is 53.6 Å². The second-order valence-corrected chi connectivity index (χ2v) is 5.33. The fraction of sp³-hybridized carbons (Fsp3) is 0.200. The summed E-state index contributed by atoms with van der Waals surface area (Å²) in [6, 6.07) is 13.2.